The summed E-state index contributed by atoms with van der Waals surface area (Å²) < 4.78 is 5.42. The van der Waals surface area contributed by atoms with Gasteiger partial charge in [-0.05, 0) is 27.6 Å². The number of aromatic hydroxyl groups is 1. The van der Waals surface area contributed by atoms with Crippen molar-refractivity contribution in [1.29, 1.82) is 0 Å². The molecule has 0 saturated heterocycles. The molecular formula is C8H10BrNO3. The summed E-state index contributed by atoms with van der Waals surface area (Å²) in [5.41, 5.74) is 2.76. The largest absolute Gasteiger partial charge is 0.503 e. The van der Waals surface area contributed by atoms with Gasteiger partial charge in [0.25, 0.3) is 0 Å². The number of methoxy groups -OCH3 is 1. The van der Waals surface area contributed by atoms with Gasteiger partial charge in [0.1, 0.15) is 0 Å². The Bertz CT molecular complexity index is 304. The van der Waals surface area contributed by atoms with Crippen LogP contribution in [-0.4, -0.2) is 17.4 Å². The van der Waals surface area contributed by atoms with E-state index in [1.807, 2.05) is 5.48 Å². The highest BCUT2D eigenvalue weighted by Gasteiger charge is 2.09. The molecule has 0 amide bonds. The summed E-state index contributed by atoms with van der Waals surface area (Å²) in [5, 5.41) is 18.0. The second-order valence-electron chi connectivity index (χ2n) is 2.42. The van der Waals surface area contributed by atoms with E-state index in [0.29, 0.717) is 10.2 Å². The van der Waals surface area contributed by atoms with Crippen molar-refractivity contribution < 1.29 is 15.1 Å². The van der Waals surface area contributed by atoms with E-state index in [2.05, 4.69) is 15.9 Å². The topological polar surface area (TPSA) is 61.7 Å². The predicted molar refractivity (Wildman–Crippen MR) is 51.0 cm³/mol. The molecule has 0 saturated carbocycles. The molecule has 0 heterocycles. The molecule has 0 spiro atoms. The number of rotatable bonds is 3. The molecule has 0 aromatic heterocycles. The fourth-order valence-electron chi connectivity index (χ4n) is 0.975. The van der Waals surface area contributed by atoms with Crippen molar-refractivity contribution >= 4 is 15.9 Å². The standard InChI is InChI=1S/C8H10BrNO3/c1-13-6-3-2-5(4-10-12)7(9)8(6)11/h2-3,10-12H,4H2,1H3. The third kappa shape index (κ3) is 2.12. The Hall–Kier alpha value is -0.780. The first-order valence-corrected chi connectivity index (χ1v) is 4.41. The summed E-state index contributed by atoms with van der Waals surface area (Å²) in [6, 6.07) is 3.37. The van der Waals surface area contributed by atoms with Crippen molar-refractivity contribution in [1.82, 2.24) is 5.48 Å². The quantitative estimate of drug-likeness (QED) is 0.711. The fourth-order valence-corrected chi connectivity index (χ4v) is 1.44. The zero-order valence-electron chi connectivity index (χ0n) is 7.04. The minimum atomic E-state index is 0.0373. The van der Waals surface area contributed by atoms with E-state index in [1.165, 1.54) is 7.11 Å². The van der Waals surface area contributed by atoms with Crippen LogP contribution in [0.1, 0.15) is 5.56 Å². The van der Waals surface area contributed by atoms with Crippen LogP contribution in [-0.2, 0) is 6.54 Å². The van der Waals surface area contributed by atoms with Crippen LogP contribution in [0.15, 0.2) is 16.6 Å². The molecular weight excluding hydrogens is 238 g/mol. The molecule has 0 radical (unpaired) electrons. The Balaban J connectivity index is 3.07. The molecule has 1 rings (SSSR count). The minimum absolute atomic E-state index is 0.0373. The van der Waals surface area contributed by atoms with Gasteiger partial charge in [-0.3, -0.25) is 0 Å². The summed E-state index contributed by atoms with van der Waals surface area (Å²) in [4.78, 5) is 0. The highest BCUT2D eigenvalue weighted by Crippen LogP contribution is 2.36. The normalized spacial score (nSPS) is 10.1. The Morgan fingerprint density at radius 3 is 2.77 bits per heavy atom. The first-order valence-electron chi connectivity index (χ1n) is 3.62. The van der Waals surface area contributed by atoms with E-state index in [1.54, 1.807) is 12.1 Å². The van der Waals surface area contributed by atoms with Crippen LogP contribution in [0.25, 0.3) is 0 Å². The molecule has 0 unspecified atom stereocenters. The third-order valence-electron chi connectivity index (χ3n) is 1.65. The number of ether oxygens (including phenoxy) is 1. The van der Waals surface area contributed by atoms with Crippen LogP contribution in [0, 0.1) is 0 Å². The second kappa shape index (κ2) is 4.45. The molecule has 3 N–H and O–H groups in total. The molecule has 0 bridgehead atoms. The van der Waals surface area contributed by atoms with E-state index in [-0.39, 0.29) is 12.3 Å². The number of hydrogen-bond acceptors (Lipinski definition) is 4. The molecule has 1 aromatic rings. The number of hydroxylamine groups is 1. The predicted octanol–water partition coefficient (Wildman–Crippen LogP) is 1.64. The van der Waals surface area contributed by atoms with Crippen LogP contribution in [0.2, 0.25) is 0 Å². The lowest BCUT2D eigenvalue weighted by molar-refractivity contribution is 0.161. The Kier molecular flexibility index (Phi) is 3.53. The molecule has 0 aliphatic heterocycles. The summed E-state index contributed by atoms with van der Waals surface area (Å²) >= 11 is 3.19. The van der Waals surface area contributed by atoms with Gasteiger partial charge in [-0.2, -0.15) is 0 Å². The van der Waals surface area contributed by atoms with Crippen molar-refractivity contribution in [3.05, 3.63) is 22.2 Å². The zero-order valence-corrected chi connectivity index (χ0v) is 8.63. The number of phenolic OH excluding ortho intramolecular Hbond substituents is 1. The van der Waals surface area contributed by atoms with Gasteiger partial charge >= 0.3 is 0 Å². The van der Waals surface area contributed by atoms with Crippen LogP contribution in [0.4, 0.5) is 0 Å². The molecule has 72 valence electrons. The van der Waals surface area contributed by atoms with Gasteiger partial charge in [0, 0.05) is 6.54 Å². The Morgan fingerprint density at radius 1 is 1.54 bits per heavy atom. The van der Waals surface area contributed by atoms with E-state index in [0.717, 1.165) is 5.56 Å². The number of nitrogens with one attached hydrogen (secondary N) is 1. The van der Waals surface area contributed by atoms with Crippen molar-refractivity contribution in [3.8, 4) is 11.5 Å². The molecule has 0 fully saturated rings. The SMILES string of the molecule is COc1ccc(CNO)c(Br)c1O. The van der Waals surface area contributed by atoms with E-state index >= 15 is 0 Å². The highest BCUT2D eigenvalue weighted by atomic mass is 79.9. The lowest BCUT2D eigenvalue weighted by atomic mass is 10.2. The van der Waals surface area contributed by atoms with E-state index in [4.69, 9.17) is 9.94 Å². The van der Waals surface area contributed by atoms with E-state index < -0.39 is 0 Å². The molecule has 13 heavy (non-hydrogen) atoms. The average molecular weight is 248 g/mol. The van der Waals surface area contributed by atoms with Gasteiger partial charge in [0.2, 0.25) is 0 Å². The molecule has 0 aliphatic carbocycles. The zero-order chi connectivity index (χ0) is 9.84. The maximum atomic E-state index is 9.52. The average Bonchev–Trinajstić information content (AvgIpc) is 2.14. The Morgan fingerprint density at radius 2 is 2.23 bits per heavy atom. The number of phenols is 1. The number of benzene rings is 1. The first-order chi connectivity index (χ1) is 6.20. The number of halogens is 1. The Labute approximate surface area is 84.2 Å². The lowest BCUT2D eigenvalue weighted by Crippen LogP contribution is -2.06. The van der Waals surface area contributed by atoms with Gasteiger partial charge in [-0.25, -0.2) is 5.48 Å². The van der Waals surface area contributed by atoms with Gasteiger partial charge in [-0.1, -0.05) is 6.07 Å². The first kappa shape index (κ1) is 10.3. The maximum absolute atomic E-state index is 9.52. The molecule has 5 heteroatoms. The van der Waals surface area contributed by atoms with Crippen molar-refractivity contribution in [2.45, 2.75) is 6.54 Å². The van der Waals surface area contributed by atoms with Gasteiger partial charge in [0.15, 0.2) is 11.5 Å². The summed E-state index contributed by atoms with van der Waals surface area (Å²) in [6.45, 7) is 0.262. The molecule has 4 nitrogen and oxygen atoms in total. The van der Waals surface area contributed by atoms with E-state index in [9.17, 15) is 5.11 Å². The summed E-state index contributed by atoms with van der Waals surface area (Å²) in [6.07, 6.45) is 0. The lowest BCUT2D eigenvalue weighted by Gasteiger charge is -2.08. The smallest absolute Gasteiger partial charge is 0.172 e. The van der Waals surface area contributed by atoms with Crippen LogP contribution in [0.5, 0.6) is 11.5 Å². The summed E-state index contributed by atoms with van der Waals surface area (Å²) in [5.74, 6) is 0.434. The monoisotopic (exact) mass is 247 g/mol. The van der Waals surface area contributed by atoms with Crippen LogP contribution >= 0.6 is 15.9 Å². The maximum Gasteiger partial charge on any atom is 0.172 e. The molecule has 0 aliphatic rings. The van der Waals surface area contributed by atoms with Crippen molar-refractivity contribution in [3.63, 3.8) is 0 Å². The molecule has 1 aromatic carbocycles. The summed E-state index contributed by atoms with van der Waals surface area (Å²) in [7, 11) is 1.48. The van der Waals surface area contributed by atoms with Crippen LogP contribution < -0.4 is 10.2 Å². The minimum Gasteiger partial charge on any atom is -0.503 e. The van der Waals surface area contributed by atoms with Crippen molar-refractivity contribution in [2.24, 2.45) is 0 Å². The van der Waals surface area contributed by atoms with Crippen LogP contribution in [0.3, 0.4) is 0 Å². The van der Waals surface area contributed by atoms with Gasteiger partial charge < -0.3 is 15.1 Å². The fraction of sp³-hybridized carbons (Fsp3) is 0.250. The van der Waals surface area contributed by atoms with Crippen molar-refractivity contribution in [2.75, 3.05) is 7.11 Å². The third-order valence-corrected chi connectivity index (χ3v) is 2.53. The highest BCUT2D eigenvalue weighted by molar-refractivity contribution is 9.10. The second-order valence-corrected chi connectivity index (χ2v) is 3.22. The molecule has 0 atom stereocenters. The van der Waals surface area contributed by atoms with Gasteiger partial charge in [-0.15, -0.1) is 0 Å². The number of hydrogen-bond donors (Lipinski definition) is 3. The van der Waals surface area contributed by atoms with Gasteiger partial charge in [0.05, 0.1) is 11.6 Å².